The average molecular weight is 302 g/mol. The first-order chi connectivity index (χ1) is 10.1. The van der Waals surface area contributed by atoms with Crippen LogP contribution in [0, 0.1) is 12.7 Å². The summed E-state index contributed by atoms with van der Waals surface area (Å²) in [6, 6.07) is 5.76. The summed E-state index contributed by atoms with van der Waals surface area (Å²) in [7, 11) is 0. The van der Waals surface area contributed by atoms with Gasteiger partial charge in [-0.1, -0.05) is 18.2 Å². The summed E-state index contributed by atoms with van der Waals surface area (Å²) >= 11 is 1.47. The zero-order chi connectivity index (χ0) is 15.0. The van der Waals surface area contributed by atoms with Gasteiger partial charge in [0, 0.05) is 16.5 Å². The van der Waals surface area contributed by atoms with Crippen LogP contribution in [0.2, 0.25) is 0 Å². The van der Waals surface area contributed by atoms with Crippen molar-refractivity contribution < 1.29 is 9.50 Å². The number of hydrogen-bond donors (Lipinski definition) is 2. The van der Waals surface area contributed by atoms with E-state index in [1.165, 1.54) is 29.5 Å². The monoisotopic (exact) mass is 302 g/mol. The lowest BCUT2D eigenvalue weighted by Gasteiger charge is -2.07. The largest absolute Gasteiger partial charge is 0.493 e. The molecule has 2 aromatic heterocycles. The van der Waals surface area contributed by atoms with Crippen molar-refractivity contribution in [1.82, 2.24) is 9.97 Å². The maximum atomic E-state index is 13.8. The van der Waals surface area contributed by atoms with Crippen LogP contribution in [0.1, 0.15) is 5.56 Å². The molecule has 1 aromatic carbocycles. The Morgan fingerprint density at radius 1 is 1.24 bits per heavy atom. The van der Waals surface area contributed by atoms with Crippen LogP contribution in [0.15, 0.2) is 39.8 Å². The molecule has 0 aliphatic rings. The Morgan fingerprint density at radius 3 is 2.62 bits per heavy atom. The number of thiophene rings is 1. The van der Waals surface area contributed by atoms with E-state index in [2.05, 4.69) is 9.97 Å². The third-order valence-electron chi connectivity index (χ3n) is 3.15. The van der Waals surface area contributed by atoms with Crippen LogP contribution in [0.25, 0.3) is 22.5 Å². The highest BCUT2D eigenvalue weighted by Gasteiger charge is 2.17. The van der Waals surface area contributed by atoms with Crippen LogP contribution >= 0.6 is 11.3 Å². The normalized spacial score (nSPS) is 10.8. The molecule has 6 heteroatoms. The number of hydrogen-bond acceptors (Lipinski definition) is 4. The summed E-state index contributed by atoms with van der Waals surface area (Å²) in [5.74, 6) is -0.791. The third kappa shape index (κ3) is 2.34. The van der Waals surface area contributed by atoms with E-state index >= 15 is 0 Å². The molecule has 21 heavy (non-hydrogen) atoms. The van der Waals surface area contributed by atoms with Crippen molar-refractivity contribution in [2.45, 2.75) is 6.92 Å². The first-order valence-electron chi connectivity index (χ1n) is 6.19. The number of nitrogens with one attached hydrogen (secondary N) is 1. The Bertz CT molecular complexity index is 870. The van der Waals surface area contributed by atoms with Crippen LogP contribution in [-0.2, 0) is 0 Å². The molecule has 0 bridgehead atoms. The zero-order valence-electron chi connectivity index (χ0n) is 11.1. The smallest absolute Gasteiger partial charge is 0.263 e. The summed E-state index contributed by atoms with van der Waals surface area (Å²) < 4.78 is 13.8. The van der Waals surface area contributed by atoms with Crippen molar-refractivity contribution in [1.29, 1.82) is 0 Å². The second-order valence-electron chi connectivity index (χ2n) is 4.56. The summed E-state index contributed by atoms with van der Waals surface area (Å²) in [4.78, 5) is 18.8. The number of aromatic hydroxyl groups is 1. The molecule has 0 aliphatic carbocycles. The van der Waals surface area contributed by atoms with Crippen molar-refractivity contribution in [3.63, 3.8) is 0 Å². The second-order valence-corrected chi connectivity index (χ2v) is 5.31. The number of halogens is 1. The number of aromatic nitrogens is 2. The minimum absolute atomic E-state index is 0.0253. The van der Waals surface area contributed by atoms with Crippen LogP contribution in [-0.4, -0.2) is 15.1 Å². The Hall–Kier alpha value is -2.47. The van der Waals surface area contributed by atoms with Gasteiger partial charge in [-0.2, -0.15) is 16.3 Å². The van der Waals surface area contributed by atoms with E-state index in [0.717, 1.165) is 11.1 Å². The first-order valence-corrected chi connectivity index (χ1v) is 7.13. The summed E-state index contributed by atoms with van der Waals surface area (Å²) in [5, 5.41) is 13.8. The van der Waals surface area contributed by atoms with Crippen LogP contribution in [0.5, 0.6) is 5.88 Å². The highest BCUT2D eigenvalue weighted by atomic mass is 32.1. The lowest BCUT2D eigenvalue weighted by Crippen LogP contribution is -2.12. The third-order valence-corrected chi connectivity index (χ3v) is 4.02. The van der Waals surface area contributed by atoms with Crippen molar-refractivity contribution in [2.75, 3.05) is 0 Å². The first kappa shape index (κ1) is 13.5. The Morgan fingerprint density at radius 2 is 2.00 bits per heavy atom. The SMILES string of the molecule is Cc1cscc1-c1nc(O)c(-c2ccccc2F)c(=O)[nH]1. The minimum Gasteiger partial charge on any atom is -0.493 e. The van der Waals surface area contributed by atoms with Gasteiger partial charge >= 0.3 is 0 Å². The van der Waals surface area contributed by atoms with Crippen LogP contribution in [0.3, 0.4) is 0 Å². The van der Waals surface area contributed by atoms with Crippen molar-refractivity contribution in [3.8, 4) is 28.4 Å². The molecule has 0 spiro atoms. The van der Waals surface area contributed by atoms with Gasteiger partial charge in [0.15, 0.2) is 0 Å². The van der Waals surface area contributed by atoms with E-state index in [9.17, 15) is 14.3 Å². The molecule has 2 N–H and O–H groups in total. The van der Waals surface area contributed by atoms with E-state index in [1.54, 1.807) is 6.07 Å². The molecule has 0 radical (unpaired) electrons. The Kier molecular flexibility index (Phi) is 3.31. The maximum Gasteiger partial charge on any atom is 0.263 e. The highest BCUT2D eigenvalue weighted by molar-refractivity contribution is 7.08. The lowest BCUT2D eigenvalue weighted by atomic mass is 10.1. The predicted molar refractivity (Wildman–Crippen MR) is 80.0 cm³/mol. The Balaban J connectivity index is 2.21. The minimum atomic E-state index is -0.584. The lowest BCUT2D eigenvalue weighted by molar-refractivity contribution is 0.453. The molecule has 2 heterocycles. The average Bonchev–Trinajstić information content (AvgIpc) is 2.86. The van der Waals surface area contributed by atoms with Gasteiger partial charge in [-0.15, -0.1) is 0 Å². The molecule has 106 valence electrons. The molecular weight excluding hydrogens is 291 g/mol. The van der Waals surface area contributed by atoms with Gasteiger partial charge in [0.2, 0.25) is 5.88 Å². The number of aromatic amines is 1. The molecule has 0 amide bonds. The zero-order valence-corrected chi connectivity index (χ0v) is 11.9. The number of rotatable bonds is 2. The molecule has 0 saturated carbocycles. The molecule has 0 unspecified atom stereocenters. The summed E-state index contributed by atoms with van der Waals surface area (Å²) in [6.45, 7) is 1.88. The quantitative estimate of drug-likeness (QED) is 0.763. The number of benzene rings is 1. The van der Waals surface area contributed by atoms with Gasteiger partial charge < -0.3 is 10.1 Å². The fourth-order valence-corrected chi connectivity index (χ4v) is 2.93. The van der Waals surface area contributed by atoms with E-state index < -0.39 is 17.3 Å². The fourth-order valence-electron chi connectivity index (χ4n) is 2.10. The van der Waals surface area contributed by atoms with Crippen LogP contribution < -0.4 is 5.56 Å². The van der Waals surface area contributed by atoms with Gasteiger partial charge in [0.05, 0.1) is 0 Å². The predicted octanol–water partition coefficient (Wildman–Crippen LogP) is 3.32. The van der Waals surface area contributed by atoms with Gasteiger partial charge in [0.25, 0.3) is 5.56 Å². The Labute approximate surface area is 123 Å². The standard InChI is InChI=1S/C15H11FN2O2S/c1-8-6-21-7-10(8)13-17-14(19)12(15(20)18-13)9-4-2-3-5-11(9)16/h2-7H,1H3,(H2,17,18,19,20). The van der Waals surface area contributed by atoms with Gasteiger partial charge in [-0.3, -0.25) is 4.79 Å². The molecule has 3 rings (SSSR count). The number of aryl methyl sites for hydroxylation is 1. The highest BCUT2D eigenvalue weighted by Crippen LogP contribution is 2.29. The fraction of sp³-hybridized carbons (Fsp3) is 0.0667. The van der Waals surface area contributed by atoms with E-state index in [1.807, 2.05) is 17.7 Å². The van der Waals surface area contributed by atoms with Gasteiger partial charge in [-0.05, 0) is 23.9 Å². The maximum absolute atomic E-state index is 13.8. The van der Waals surface area contributed by atoms with Crippen LogP contribution in [0.4, 0.5) is 4.39 Å². The van der Waals surface area contributed by atoms with E-state index in [4.69, 9.17) is 0 Å². The van der Waals surface area contributed by atoms with E-state index in [-0.39, 0.29) is 17.0 Å². The van der Waals surface area contributed by atoms with Gasteiger partial charge in [-0.25, -0.2) is 4.39 Å². The van der Waals surface area contributed by atoms with Crippen molar-refractivity contribution in [2.24, 2.45) is 0 Å². The topological polar surface area (TPSA) is 66.0 Å². The molecular formula is C15H11FN2O2S. The summed E-state index contributed by atoms with van der Waals surface area (Å²) in [6.07, 6.45) is 0. The second kappa shape index (κ2) is 5.14. The molecule has 3 aromatic rings. The van der Waals surface area contributed by atoms with Crippen molar-refractivity contribution >= 4 is 11.3 Å². The molecule has 4 nitrogen and oxygen atoms in total. The molecule has 0 aliphatic heterocycles. The molecule has 0 fully saturated rings. The van der Waals surface area contributed by atoms with E-state index in [0.29, 0.717) is 0 Å². The molecule has 0 saturated heterocycles. The number of H-pyrrole nitrogens is 1. The summed E-state index contributed by atoms with van der Waals surface area (Å²) in [5.41, 5.74) is 0.976. The molecule has 0 atom stereocenters. The number of nitrogens with zero attached hydrogens (tertiary/aromatic N) is 1. The van der Waals surface area contributed by atoms with Crippen molar-refractivity contribution in [3.05, 3.63) is 56.8 Å². The van der Waals surface area contributed by atoms with Gasteiger partial charge in [0.1, 0.15) is 17.2 Å².